The lowest BCUT2D eigenvalue weighted by Crippen LogP contribution is -2.38. The molecule has 2 aliphatic rings. The van der Waals surface area contributed by atoms with Crippen LogP contribution in [0.15, 0.2) is 6.33 Å². The Hall–Kier alpha value is -1.75. The number of nitrogens with zero attached hydrogens (tertiary/aromatic N) is 4. The molecule has 0 unspecified atom stereocenters. The van der Waals surface area contributed by atoms with Crippen LogP contribution < -0.4 is 4.90 Å². The van der Waals surface area contributed by atoms with E-state index in [0.717, 1.165) is 22.7 Å². The maximum atomic E-state index is 5.12. The monoisotopic (exact) mass is 366 g/mol. The van der Waals surface area contributed by atoms with E-state index >= 15 is 0 Å². The Morgan fingerprint density at radius 1 is 1.12 bits per heavy atom. The van der Waals surface area contributed by atoms with E-state index in [4.69, 9.17) is 15.0 Å². The highest BCUT2D eigenvalue weighted by Crippen LogP contribution is 2.43. The zero-order valence-corrected chi connectivity index (χ0v) is 16.7. The molecule has 3 aromatic heterocycles. The van der Waals surface area contributed by atoms with E-state index < -0.39 is 0 Å². The van der Waals surface area contributed by atoms with Crippen molar-refractivity contribution in [1.29, 1.82) is 0 Å². The smallest absolute Gasteiger partial charge is 0.150 e. The van der Waals surface area contributed by atoms with Gasteiger partial charge in [-0.25, -0.2) is 15.0 Å². The molecule has 0 spiro atoms. The van der Waals surface area contributed by atoms with Crippen molar-refractivity contribution in [2.75, 3.05) is 11.4 Å². The molecule has 136 valence electrons. The van der Waals surface area contributed by atoms with E-state index in [1.165, 1.54) is 65.4 Å². The van der Waals surface area contributed by atoms with Gasteiger partial charge >= 0.3 is 0 Å². The van der Waals surface area contributed by atoms with E-state index in [9.17, 15) is 0 Å². The standard InChI is InChI=1S/C21H26N4S/c1-12(2)17-15-9-6-8-14(15)16-18-19(26-21(16)24-17)20(23-11-22-18)25-10-5-4-7-13(25)3/h11-13H,4-10H2,1-3H3/t13-/m0/s1. The van der Waals surface area contributed by atoms with Crippen molar-refractivity contribution in [3.05, 3.63) is 23.1 Å². The fourth-order valence-corrected chi connectivity index (χ4v) is 5.98. The Morgan fingerprint density at radius 2 is 1.96 bits per heavy atom. The molecule has 5 heteroatoms. The lowest BCUT2D eigenvalue weighted by molar-refractivity contribution is 0.482. The van der Waals surface area contributed by atoms with Gasteiger partial charge in [0.2, 0.25) is 0 Å². The summed E-state index contributed by atoms with van der Waals surface area (Å²) in [7, 11) is 0. The quantitative estimate of drug-likeness (QED) is 0.623. The number of rotatable bonds is 2. The predicted molar refractivity (Wildman–Crippen MR) is 109 cm³/mol. The number of hydrogen-bond acceptors (Lipinski definition) is 5. The van der Waals surface area contributed by atoms with E-state index in [1.54, 1.807) is 17.7 Å². The normalized spacial score (nSPS) is 20.5. The third-order valence-electron chi connectivity index (χ3n) is 6.11. The van der Waals surface area contributed by atoms with Gasteiger partial charge in [-0.2, -0.15) is 0 Å². The molecule has 1 saturated heterocycles. The van der Waals surface area contributed by atoms with Gasteiger partial charge in [0.15, 0.2) is 0 Å². The molecular formula is C21H26N4S. The number of hydrogen-bond donors (Lipinski definition) is 0. The third kappa shape index (κ3) is 2.36. The van der Waals surface area contributed by atoms with Crippen molar-refractivity contribution < 1.29 is 0 Å². The van der Waals surface area contributed by atoms with Crippen molar-refractivity contribution in [3.63, 3.8) is 0 Å². The van der Waals surface area contributed by atoms with Crippen molar-refractivity contribution in [1.82, 2.24) is 15.0 Å². The molecule has 1 aliphatic carbocycles. The molecule has 0 bridgehead atoms. The Bertz CT molecular complexity index is 991. The zero-order chi connectivity index (χ0) is 17.8. The maximum absolute atomic E-state index is 5.12. The van der Waals surface area contributed by atoms with Crippen LogP contribution in [0.25, 0.3) is 20.4 Å². The molecule has 0 aromatic carbocycles. The van der Waals surface area contributed by atoms with Crippen LogP contribution >= 0.6 is 11.3 Å². The van der Waals surface area contributed by atoms with Gasteiger partial charge in [0.25, 0.3) is 0 Å². The van der Waals surface area contributed by atoms with Crippen molar-refractivity contribution in [3.8, 4) is 0 Å². The lowest BCUT2D eigenvalue weighted by atomic mass is 9.99. The summed E-state index contributed by atoms with van der Waals surface area (Å²) < 4.78 is 1.23. The van der Waals surface area contributed by atoms with Crippen LogP contribution in [0.5, 0.6) is 0 Å². The number of aryl methyl sites for hydroxylation is 1. The van der Waals surface area contributed by atoms with Crippen LogP contribution in [0.4, 0.5) is 5.82 Å². The summed E-state index contributed by atoms with van der Waals surface area (Å²) in [5.41, 5.74) is 5.45. The van der Waals surface area contributed by atoms with Gasteiger partial charge in [-0.15, -0.1) is 11.3 Å². The molecule has 1 fully saturated rings. The number of pyridine rings is 1. The number of thiophene rings is 1. The molecule has 4 heterocycles. The first kappa shape index (κ1) is 16.4. The van der Waals surface area contributed by atoms with Gasteiger partial charge in [-0.3, -0.25) is 0 Å². The van der Waals surface area contributed by atoms with Gasteiger partial charge in [0, 0.05) is 23.7 Å². The summed E-state index contributed by atoms with van der Waals surface area (Å²) >= 11 is 1.80. The number of piperidine rings is 1. The molecule has 1 atom stereocenters. The van der Waals surface area contributed by atoms with Crippen LogP contribution in [0.2, 0.25) is 0 Å². The summed E-state index contributed by atoms with van der Waals surface area (Å²) in [6.45, 7) is 7.96. The highest BCUT2D eigenvalue weighted by molar-refractivity contribution is 7.26. The minimum absolute atomic E-state index is 0.476. The summed E-state index contributed by atoms with van der Waals surface area (Å²) in [6, 6.07) is 0.553. The Morgan fingerprint density at radius 3 is 2.77 bits per heavy atom. The second kappa shape index (κ2) is 6.15. The Balaban J connectivity index is 1.79. The summed E-state index contributed by atoms with van der Waals surface area (Å²) in [5, 5.41) is 1.32. The minimum Gasteiger partial charge on any atom is -0.353 e. The first-order valence-corrected chi connectivity index (χ1v) is 10.8. The second-order valence-electron chi connectivity index (χ2n) is 8.16. The molecule has 0 saturated carbocycles. The Labute approximate surface area is 158 Å². The van der Waals surface area contributed by atoms with E-state index in [2.05, 4.69) is 25.7 Å². The minimum atomic E-state index is 0.476. The molecular weight excluding hydrogens is 340 g/mol. The van der Waals surface area contributed by atoms with E-state index in [1.807, 2.05) is 0 Å². The second-order valence-corrected chi connectivity index (χ2v) is 9.16. The van der Waals surface area contributed by atoms with Gasteiger partial charge in [0.05, 0.1) is 10.2 Å². The van der Waals surface area contributed by atoms with Crippen LogP contribution in [0.1, 0.15) is 69.2 Å². The lowest BCUT2D eigenvalue weighted by Gasteiger charge is -2.34. The van der Waals surface area contributed by atoms with Gasteiger partial charge in [-0.1, -0.05) is 13.8 Å². The Kier molecular flexibility index (Phi) is 3.89. The fourth-order valence-electron chi connectivity index (χ4n) is 4.81. The summed E-state index contributed by atoms with van der Waals surface area (Å²) in [4.78, 5) is 18.2. The van der Waals surface area contributed by atoms with Crippen molar-refractivity contribution in [2.45, 2.75) is 71.3 Å². The van der Waals surface area contributed by atoms with Crippen molar-refractivity contribution >= 4 is 37.6 Å². The first-order valence-electron chi connectivity index (χ1n) is 10.0. The zero-order valence-electron chi connectivity index (χ0n) is 15.9. The molecule has 3 aromatic rings. The highest BCUT2D eigenvalue weighted by atomic mass is 32.1. The average molecular weight is 367 g/mol. The first-order chi connectivity index (χ1) is 12.6. The molecule has 0 N–H and O–H groups in total. The number of aromatic nitrogens is 3. The number of fused-ring (bicyclic) bond motifs is 5. The SMILES string of the molecule is CC(C)c1nc2sc3c(N4CCCC[C@@H]4C)ncnc3c2c2c1CCC2. The molecule has 5 rings (SSSR count). The van der Waals surface area contributed by atoms with Crippen LogP contribution in [-0.2, 0) is 12.8 Å². The van der Waals surface area contributed by atoms with Crippen LogP contribution in [0, 0.1) is 0 Å². The van der Waals surface area contributed by atoms with Gasteiger partial charge in [0.1, 0.15) is 17.0 Å². The topological polar surface area (TPSA) is 41.9 Å². The van der Waals surface area contributed by atoms with Gasteiger partial charge < -0.3 is 4.90 Å². The third-order valence-corrected chi connectivity index (χ3v) is 7.18. The van der Waals surface area contributed by atoms with Crippen LogP contribution in [-0.4, -0.2) is 27.5 Å². The summed E-state index contributed by atoms with van der Waals surface area (Å²) in [6.07, 6.45) is 9.18. The fraction of sp³-hybridized carbons (Fsp3) is 0.571. The molecule has 0 amide bonds. The largest absolute Gasteiger partial charge is 0.353 e. The maximum Gasteiger partial charge on any atom is 0.150 e. The molecule has 0 radical (unpaired) electrons. The molecule has 26 heavy (non-hydrogen) atoms. The van der Waals surface area contributed by atoms with Crippen molar-refractivity contribution in [2.24, 2.45) is 0 Å². The van der Waals surface area contributed by atoms with Gasteiger partial charge in [-0.05, 0) is 62.5 Å². The predicted octanol–water partition coefficient (Wildman–Crippen LogP) is 5.23. The van der Waals surface area contributed by atoms with E-state index in [-0.39, 0.29) is 0 Å². The molecule has 4 nitrogen and oxygen atoms in total. The van der Waals surface area contributed by atoms with E-state index in [0.29, 0.717) is 12.0 Å². The average Bonchev–Trinajstić information content (AvgIpc) is 3.25. The highest BCUT2D eigenvalue weighted by Gasteiger charge is 2.27. The van der Waals surface area contributed by atoms with Crippen LogP contribution in [0.3, 0.4) is 0 Å². The summed E-state index contributed by atoms with van der Waals surface area (Å²) in [5.74, 6) is 1.60. The number of anilines is 1. The molecule has 1 aliphatic heterocycles.